The summed E-state index contributed by atoms with van der Waals surface area (Å²) in [4.78, 5) is 10.1. The van der Waals surface area contributed by atoms with Crippen LogP contribution in [0.25, 0.3) is 6.08 Å². The topological polar surface area (TPSA) is 64.4 Å². The maximum Gasteiger partial charge on any atom is 0.269 e. The highest BCUT2D eigenvalue weighted by atomic mass is 16.6. The summed E-state index contributed by atoms with van der Waals surface area (Å²) in [5.41, 5.74) is 2.02. The quantitative estimate of drug-likeness (QED) is 0.648. The number of nitro benzene ring substituents is 1. The molecule has 1 N–H and O–H groups in total. The second-order valence-electron chi connectivity index (χ2n) is 4.36. The average Bonchev–Trinajstić information content (AvgIpc) is 2.52. The van der Waals surface area contributed by atoms with Crippen molar-refractivity contribution in [2.24, 2.45) is 0 Å². The Bertz CT molecular complexity index is 619. The zero-order valence-corrected chi connectivity index (χ0v) is 11.7. The van der Waals surface area contributed by atoms with Gasteiger partial charge in [-0.3, -0.25) is 10.1 Å². The molecule has 108 valence electrons. The molecule has 0 radical (unpaired) electrons. The molecule has 5 heteroatoms. The van der Waals surface area contributed by atoms with E-state index in [0.29, 0.717) is 6.54 Å². The lowest BCUT2D eigenvalue weighted by Gasteiger charge is -2.02. The van der Waals surface area contributed by atoms with Crippen molar-refractivity contribution in [3.8, 4) is 5.75 Å². The predicted molar refractivity (Wildman–Crippen MR) is 83.6 cm³/mol. The summed E-state index contributed by atoms with van der Waals surface area (Å²) in [5, 5.41) is 13.7. The van der Waals surface area contributed by atoms with E-state index in [4.69, 9.17) is 4.74 Å². The molecular weight excluding hydrogens is 268 g/mol. The van der Waals surface area contributed by atoms with Gasteiger partial charge in [0, 0.05) is 24.4 Å². The van der Waals surface area contributed by atoms with E-state index >= 15 is 0 Å². The van der Waals surface area contributed by atoms with Crippen LogP contribution in [0.5, 0.6) is 5.75 Å². The fraction of sp³-hybridized carbons (Fsp3) is 0.125. The second kappa shape index (κ2) is 7.09. The van der Waals surface area contributed by atoms with E-state index in [-0.39, 0.29) is 5.69 Å². The molecule has 0 fully saturated rings. The Morgan fingerprint density at radius 2 is 1.81 bits per heavy atom. The summed E-state index contributed by atoms with van der Waals surface area (Å²) in [5.74, 6) is 0.830. The first-order chi connectivity index (χ1) is 10.2. The summed E-state index contributed by atoms with van der Waals surface area (Å²) >= 11 is 0. The maximum absolute atomic E-state index is 10.5. The lowest BCUT2D eigenvalue weighted by Crippen LogP contribution is -1.98. The highest BCUT2D eigenvalue weighted by Crippen LogP contribution is 2.15. The van der Waals surface area contributed by atoms with E-state index in [2.05, 4.69) is 5.32 Å². The Labute approximate surface area is 123 Å². The van der Waals surface area contributed by atoms with Crippen LogP contribution >= 0.6 is 0 Å². The molecule has 2 aromatic carbocycles. The van der Waals surface area contributed by atoms with Crippen LogP contribution in [-0.4, -0.2) is 18.6 Å². The van der Waals surface area contributed by atoms with Crippen molar-refractivity contribution >= 4 is 17.5 Å². The number of rotatable bonds is 6. The Balaban J connectivity index is 1.85. The van der Waals surface area contributed by atoms with Crippen LogP contribution in [0.1, 0.15) is 5.56 Å². The lowest BCUT2D eigenvalue weighted by atomic mass is 10.2. The highest BCUT2D eigenvalue weighted by Gasteiger charge is 2.02. The van der Waals surface area contributed by atoms with Gasteiger partial charge in [-0.05, 0) is 29.8 Å². The minimum Gasteiger partial charge on any atom is -0.497 e. The molecule has 0 atom stereocenters. The van der Waals surface area contributed by atoms with Crippen molar-refractivity contribution in [2.75, 3.05) is 19.0 Å². The van der Waals surface area contributed by atoms with Crippen LogP contribution < -0.4 is 10.1 Å². The lowest BCUT2D eigenvalue weighted by molar-refractivity contribution is -0.384. The summed E-state index contributed by atoms with van der Waals surface area (Å²) in [6, 6.07) is 14.1. The smallest absolute Gasteiger partial charge is 0.269 e. The van der Waals surface area contributed by atoms with Gasteiger partial charge >= 0.3 is 0 Å². The van der Waals surface area contributed by atoms with Gasteiger partial charge in [-0.1, -0.05) is 24.3 Å². The van der Waals surface area contributed by atoms with Gasteiger partial charge in [0.1, 0.15) is 5.75 Å². The van der Waals surface area contributed by atoms with Crippen LogP contribution in [0.15, 0.2) is 54.6 Å². The molecule has 0 aliphatic heterocycles. The first-order valence-corrected chi connectivity index (χ1v) is 6.48. The standard InChI is InChI=1S/C16H16N2O3/c1-21-16-10-4-13(5-11-16)3-2-12-17-14-6-8-15(9-7-14)18(19)20/h2-11,17H,12H2,1H3. The fourth-order valence-electron chi connectivity index (χ4n) is 1.79. The van der Waals surface area contributed by atoms with Gasteiger partial charge in [0.05, 0.1) is 12.0 Å². The van der Waals surface area contributed by atoms with E-state index in [1.807, 2.05) is 36.4 Å². The molecule has 0 aromatic heterocycles. The van der Waals surface area contributed by atoms with Gasteiger partial charge in [-0.2, -0.15) is 0 Å². The summed E-state index contributed by atoms with van der Waals surface area (Å²) in [6.07, 6.45) is 3.99. The van der Waals surface area contributed by atoms with Crippen LogP contribution in [0.2, 0.25) is 0 Å². The van der Waals surface area contributed by atoms with Gasteiger partial charge in [0.25, 0.3) is 5.69 Å². The first kappa shape index (κ1) is 14.6. The summed E-state index contributed by atoms with van der Waals surface area (Å²) in [6.45, 7) is 0.643. The van der Waals surface area contributed by atoms with Crippen molar-refractivity contribution in [1.82, 2.24) is 0 Å². The molecule has 0 aliphatic carbocycles. The van der Waals surface area contributed by atoms with Gasteiger partial charge in [-0.15, -0.1) is 0 Å². The highest BCUT2D eigenvalue weighted by molar-refractivity contribution is 5.53. The monoisotopic (exact) mass is 284 g/mol. The number of nitrogens with zero attached hydrogens (tertiary/aromatic N) is 1. The third kappa shape index (κ3) is 4.35. The largest absolute Gasteiger partial charge is 0.497 e. The van der Waals surface area contributed by atoms with Crippen molar-refractivity contribution in [2.45, 2.75) is 0 Å². The zero-order valence-electron chi connectivity index (χ0n) is 11.7. The van der Waals surface area contributed by atoms with E-state index in [1.54, 1.807) is 19.2 Å². The van der Waals surface area contributed by atoms with E-state index < -0.39 is 4.92 Å². The number of nitrogens with one attached hydrogen (secondary N) is 1. The molecule has 0 spiro atoms. The van der Waals surface area contributed by atoms with Crippen molar-refractivity contribution in [3.05, 3.63) is 70.3 Å². The Morgan fingerprint density at radius 1 is 1.14 bits per heavy atom. The molecule has 21 heavy (non-hydrogen) atoms. The number of benzene rings is 2. The molecule has 0 unspecified atom stereocenters. The number of ether oxygens (including phenoxy) is 1. The SMILES string of the molecule is COc1ccc(C=CCNc2ccc([N+](=O)[O-])cc2)cc1. The average molecular weight is 284 g/mol. The second-order valence-corrected chi connectivity index (χ2v) is 4.36. The maximum atomic E-state index is 10.5. The first-order valence-electron chi connectivity index (χ1n) is 6.48. The third-order valence-electron chi connectivity index (χ3n) is 2.93. The molecule has 5 nitrogen and oxygen atoms in total. The van der Waals surface area contributed by atoms with Gasteiger partial charge in [0.15, 0.2) is 0 Å². The molecule has 0 amide bonds. The summed E-state index contributed by atoms with van der Waals surface area (Å²) < 4.78 is 5.09. The zero-order chi connectivity index (χ0) is 15.1. The Hall–Kier alpha value is -2.82. The van der Waals surface area contributed by atoms with Crippen LogP contribution in [0.4, 0.5) is 11.4 Å². The fourth-order valence-corrected chi connectivity index (χ4v) is 1.79. The molecule has 0 heterocycles. The number of anilines is 1. The number of non-ortho nitro benzene ring substituents is 1. The normalized spacial score (nSPS) is 10.5. The minimum atomic E-state index is -0.409. The predicted octanol–water partition coefficient (Wildman–Crippen LogP) is 3.73. The minimum absolute atomic E-state index is 0.0920. The molecule has 2 aromatic rings. The number of methoxy groups -OCH3 is 1. The molecule has 0 saturated heterocycles. The van der Waals surface area contributed by atoms with Crippen molar-refractivity contribution < 1.29 is 9.66 Å². The van der Waals surface area contributed by atoms with Gasteiger partial charge < -0.3 is 10.1 Å². The van der Waals surface area contributed by atoms with E-state index in [0.717, 1.165) is 17.0 Å². The number of nitro groups is 1. The Morgan fingerprint density at radius 3 is 2.38 bits per heavy atom. The van der Waals surface area contributed by atoms with Gasteiger partial charge in [-0.25, -0.2) is 0 Å². The molecule has 0 aliphatic rings. The molecule has 0 bridgehead atoms. The van der Waals surface area contributed by atoms with E-state index in [1.165, 1.54) is 12.1 Å². The number of hydrogen-bond donors (Lipinski definition) is 1. The Kier molecular flexibility index (Phi) is 4.93. The third-order valence-corrected chi connectivity index (χ3v) is 2.93. The molecule has 0 saturated carbocycles. The number of hydrogen-bond acceptors (Lipinski definition) is 4. The summed E-state index contributed by atoms with van der Waals surface area (Å²) in [7, 11) is 1.64. The molecular formula is C16H16N2O3. The van der Waals surface area contributed by atoms with E-state index in [9.17, 15) is 10.1 Å². The molecule has 2 rings (SSSR count). The van der Waals surface area contributed by atoms with Crippen molar-refractivity contribution in [3.63, 3.8) is 0 Å². The van der Waals surface area contributed by atoms with Crippen LogP contribution in [0, 0.1) is 10.1 Å². The van der Waals surface area contributed by atoms with Crippen LogP contribution in [-0.2, 0) is 0 Å². The van der Waals surface area contributed by atoms with Crippen LogP contribution in [0.3, 0.4) is 0 Å². The van der Waals surface area contributed by atoms with Gasteiger partial charge in [0.2, 0.25) is 0 Å². The van der Waals surface area contributed by atoms with Crippen molar-refractivity contribution in [1.29, 1.82) is 0 Å².